The van der Waals surface area contributed by atoms with E-state index in [2.05, 4.69) is 4.98 Å². The minimum Gasteiger partial charge on any atom is -0.465 e. The zero-order valence-corrected chi connectivity index (χ0v) is 38.3. The lowest BCUT2D eigenvalue weighted by atomic mass is 9.45. The van der Waals surface area contributed by atoms with Crippen molar-refractivity contribution in [3.63, 3.8) is 0 Å². The highest BCUT2D eigenvalue weighted by Gasteiger charge is 2.92. The lowest BCUT2D eigenvalue weighted by Crippen LogP contribution is -2.89. The minimum absolute atomic E-state index is 0.0414. The molecule has 7 rings (SSSR count). The lowest BCUT2D eigenvalue weighted by molar-refractivity contribution is -0.385. The zero-order valence-electron chi connectivity index (χ0n) is 38.3. The molecule has 3 heterocycles. The van der Waals surface area contributed by atoms with Crippen LogP contribution in [-0.2, 0) is 66.6 Å². The number of aliphatic hydroxyl groups is 2. The summed E-state index contributed by atoms with van der Waals surface area (Å²) in [5.41, 5.74) is -13.9. The molecule has 1 aromatic heterocycles. The average Bonchev–Trinajstić information content (AvgIpc) is 3.51. The van der Waals surface area contributed by atoms with Crippen LogP contribution in [0.1, 0.15) is 97.9 Å². The molecule has 13 unspecified atom stereocenters. The van der Waals surface area contributed by atoms with Gasteiger partial charge in [0.05, 0.1) is 22.6 Å². The molecule has 2 saturated carbocycles. The van der Waals surface area contributed by atoms with E-state index in [-0.39, 0.29) is 22.3 Å². The van der Waals surface area contributed by atoms with E-state index in [0.29, 0.717) is 0 Å². The van der Waals surface area contributed by atoms with Crippen LogP contribution in [0, 0.1) is 11.3 Å². The van der Waals surface area contributed by atoms with Gasteiger partial charge in [-0.2, -0.15) is 0 Å². The van der Waals surface area contributed by atoms with E-state index in [1.54, 1.807) is 12.1 Å². The fourth-order valence-electron chi connectivity index (χ4n) is 10.4. The third-order valence-electron chi connectivity index (χ3n) is 13.5. The number of carbonyl (C=O) groups is 8. The summed E-state index contributed by atoms with van der Waals surface area (Å²) in [6.45, 7) is 6.70. The average molecular weight is 946 g/mol. The smallest absolute Gasteiger partial charge is 0.340 e. The van der Waals surface area contributed by atoms with Crippen molar-refractivity contribution >= 4 is 47.8 Å². The Balaban J connectivity index is 1.66. The summed E-state index contributed by atoms with van der Waals surface area (Å²) in [5, 5.41) is 26.2. The van der Waals surface area contributed by atoms with Crippen LogP contribution in [-0.4, -0.2) is 135 Å². The Kier molecular flexibility index (Phi) is 13.0. The molecule has 2 N–H and O–H groups in total. The number of aromatic nitrogens is 1. The van der Waals surface area contributed by atoms with Crippen molar-refractivity contribution < 1.29 is 91.2 Å². The summed E-state index contributed by atoms with van der Waals surface area (Å²) in [5.74, 6) is -12.2. The predicted molar refractivity (Wildman–Crippen MR) is 227 cm³/mol. The monoisotopic (exact) mass is 945 g/mol. The zero-order chi connectivity index (χ0) is 49.7. The van der Waals surface area contributed by atoms with Gasteiger partial charge in [-0.15, -0.1) is 0 Å². The second-order valence-electron chi connectivity index (χ2n) is 17.9. The van der Waals surface area contributed by atoms with Crippen LogP contribution in [0.4, 0.5) is 0 Å². The Hall–Kier alpha value is -6.77. The molecule has 13 atom stereocenters. The summed E-state index contributed by atoms with van der Waals surface area (Å²) in [7, 11) is 0. The van der Waals surface area contributed by atoms with Gasteiger partial charge in [-0.3, -0.25) is 24.2 Å². The normalized spacial score (nSPS) is 34.9. The Morgan fingerprint density at radius 1 is 0.706 bits per heavy atom. The topological polar surface area (TPSA) is 273 Å². The van der Waals surface area contributed by atoms with Crippen LogP contribution in [0.25, 0.3) is 0 Å². The van der Waals surface area contributed by atoms with Crippen LogP contribution >= 0.6 is 0 Å². The Labute approximate surface area is 389 Å². The molecule has 4 bridgehead atoms. The first-order valence-electron chi connectivity index (χ1n) is 21.6. The number of cyclic esters (lactones) is 1. The molecule has 0 radical (unpaired) electrons. The molecular formula is C48H51NO19. The molecule has 3 fully saturated rings. The van der Waals surface area contributed by atoms with Crippen molar-refractivity contribution in [2.24, 2.45) is 11.3 Å². The standard InChI is InChI=1S/C48H51NO19/c1-24-31-19-20-49-21-32(31)42(56)61-22-44(6)33-34(62-26(3)51)38(63-27(4)52)47(23-60-25(2)50)39(64-28(5)53)35(65-40(54)29-15-11-9-12-16-29)37(67-43(57)45(24,7)58)46(8,59)48(47,68-44)36(33)66-41(55)30-17-13-10-14-18-30/h9-21,24,33-39,58-59H,22-23H2,1-8H3. The van der Waals surface area contributed by atoms with E-state index in [4.69, 9.17) is 42.6 Å². The molecule has 362 valence electrons. The van der Waals surface area contributed by atoms with Crippen molar-refractivity contribution in [1.29, 1.82) is 0 Å². The second-order valence-corrected chi connectivity index (χ2v) is 17.9. The third-order valence-corrected chi connectivity index (χ3v) is 13.5. The maximum absolute atomic E-state index is 14.9. The van der Waals surface area contributed by atoms with E-state index in [1.165, 1.54) is 74.6 Å². The number of rotatable bonds is 9. The fraction of sp³-hybridized carbons (Fsp3) is 0.479. The number of pyridine rings is 1. The van der Waals surface area contributed by atoms with Gasteiger partial charge in [-0.05, 0) is 56.7 Å². The highest BCUT2D eigenvalue weighted by atomic mass is 16.7. The molecule has 68 heavy (non-hydrogen) atoms. The van der Waals surface area contributed by atoms with Crippen LogP contribution in [0.2, 0.25) is 0 Å². The molecule has 2 aromatic carbocycles. The summed E-state index contributed by atoms with van der Waals surface area (Å²) in [6, 6.07) is 16.1. The van der Waals surface area contributed by atoms with Gasteiger partial charge in [-0.25, -0.2) is 19.2 Å². The predicted octanol–water partition coefficient (Wildman–Crippen LogP) is 2.74. The van der Waals surface area contributed by atoms with Gasteiger partial charge in [0.2, 0.25) is 0 Å². The first-order chi connectivity index (χ1) is 31.9. The number of ether oxygens (including phenoxy) is 9. The van der Waals surface area contributed by atoms with Gasteiger partial charge < -0.3 is 52.8 Å². The molecule has 2 aliphatic carbocycles. The number of benzene rings is 2. The van der Waals surface area contributed by atoms with Crippen molar-refractivity contribution in [3.05, 3.63) is 101 Å². The Bertz CT molecular complexity index is 2510. The maximum atomic E-state index is 14.9. The van der Waals surface area contributed by atoms with E-state index in [0.717, 1.165) is 47.7 Å². The number of hydrogen-bond acceptors (Lipinski definition) is 20. The number of nitrogens with zero attached hydrogens (tertiary/aromatic N) is 1. The molecular weight excluding hydrogens is 895 g/mol. The van der Waals surface area contributed by atoms with Gasteiger partial charge in [0.15, 0.2) is 35.6 Å². The second kappa shape index (κ2) is 18.0. The molecule has 20 heteroatoms. The fourth-order valence-corrected chi connectivity index (χ4v) is 10.4. The van der Waals surface area contributed by atoms with Crippen molar-refractivity contribution in [3.8, 4) is 0 Å². The number of fused-ring (bicyclic) bond motifs is 5. The summed E-state index contributed by atoms with van der Waals surface area (Å²) >= 11 is 0. The van der Waals surface area contributed by atoms with E-state index in [1.807, 2.05) is 0 Å². The SMILES string of the molecule is CC(=O)OCC12C(OC(C)=O)C(OC(C)=O)C3C(OC(=O)c4ccccc4)C14OC3(C)COC(=O)c1cnccc1C(C)C(C)(O)C(=O)OC(C(OC(=O)c1ccccc1)C2OC(C)=O)C4(C)O. The number of hydrogen-bond donors (Lipinski definition) is 2. The van der Waals surface area contributed by atoms with E-state index >= 15 is 0 Å². The highest BCUT2D eigenvalue weighted by molar-refractivity contribution is 5.92. The van der Waals surface area contributed by atoms with Crippen LogP contribution in [0.15, 0.2) is 79.1 Å². The van der Waals surface area contributed by atoms with Crippen molar-refractivity contribution in [1.82, 2.24) is 4.98 Å². The molecule has 3 aromatic rings. The van der Waals surface area contributed by atoms with Gasteiger partial charge >= 0.3 is 47.8 Å². The quantitative estimate of drug-likeness (QED) is 0.230. The third kappa shape index (κ3) is 8.02. The molecule has 1 spiro atoms. The first-order valence-corrected chi connectivity index (χ1v) is 21.6. The molecule has 2 aliphatic heterocycles. The van der Waals surface area contributed by atoms with Gasteiger partial charge in [-0.1, -0.05) is 43.3 Å². The minimum atomic E-state index is -3.05. The van der Waals surface area contributed by atoms with Crippen molar-refractivity contribution in [2.45, 2.75) is 120 Å². The lowest BCUT2D eigenvalue weighted by Gasteiger charge is -2.67. The van der Waals surface area contributed by atoms with Crippen molar-refractivity contribution in [2.75, 3.05) is 13.2 Å². The summed E-state index contributed by atoms with van der Waals surface area (Å²) in [6.07, 6.45) is -10.6. The first kappa shape index (κ1) is 49.1. The van der Waals surface area contributed by atoms with Crippen LogP contribution in [0.3, 0.4) is 0 Å². The summed E-state index contributed by atoms with van der Waals surface area (Å²) in [4.78, 5) is 116. The van der Waals surface area contributed by atoms with Gasteiger partial charge in [0.25, 0.3) is 0 Å². The van der Waals surface area contributed by atoms with E-state index < -0.39 is 137 Å². The van der Waals surface area contributed by atoms with Crippen LogP contribution in [0.5, 0.6) is 0 Å². The van der Waals surface area contributed by atoms with Gasteiger partial charge in [0, 0.05) is 46.0 Å². The van der Waals surface area contributed by atoms with Gasteiger partial charge in [0.1, 0.15) is 42.0 Å². The summed E-state index contributed by atoms with van der Waals surface area (Å²) < 4.78 is 56.1. The number of carbonyl (C=O) groups excluding carboxylic acids is 8. The number of esters is 8. The maximum Gasteiger partial charge on any atom is 0.340 e. The molecule has 20 nitrogen and oxygen atoms in total. The largest absolute Gasteiger partial charge is 0.465 e. The highest BCUT2D eigenvalue weighted by Crippen LogP contribution is 2.70. The Morgan fingerprint density at radius 3 is 1.79 bits per heavy atom. The molecule has 4 aliphatic rings. The molecule has 1 saturated heterocycles. The van der Waals surface area contributed by atoms with E-state index in [9.17, 15) is 48.6 Å². The van der Waals surface area contributed by atoms with Crippen LogP contribution < -0.4 is 0 Å². The molecule has 0 amide bonds. The Morgan fingerprint density at radius 2 is 1.25 bits per heavy atom.